The van der Waals surface area contributed by atoms with Crippen molar-refractivity contribution in [2.24, 2.45) is 5.92 Å². The smallest absolute Gasteiger partial charge is 0.122 e. The van der Waals surface area contributed by atoms with Gasteiger partial charge in [0.1, 0.15) is 5.67 Å². The van der Waals surface area contributed by atoms with Crippen LogP contribution in [0.25, 0.3) is 0 Å². The van der Waals surface area contributed by atoms with Crippen molar-refractivity contribution in [2.75, 3.05) is 19.6 Å². The third kappa shape index (κ3) is 1.79. The van der Waals surface area contributed by atoms with E-state index in [1.54, 1.807) is 6.92 Å². The van der Waals surface area contributed by atoms with Crippen LogP contribution < -0.4 is 0 Å². The summed E-state index contributed by atoms with van der Waals surface area (Å²) < 4.78 is 13.4. The van der Waals surface area contributed by atoms with Crippen LogP contribution in [0.4, 0.5) is 4.39 Å². The Hall–Kier alpha value is -0.110. The van der Waals surface area contributed by atoms with Crippen LogP contribution >= 0.6 is 0 Å². The van der Waals surface area contributed by atoms with Gasteiger partial charge < -0.3 is 0 Å². The van der Waals surface area contributed by atoms with Gasteiger partial charge in [0.25, 0.3) is 0 Å². The maximum atomic E-state index is 13.4. The average molecular weight is 171 g/mol. The summed E-state index contributed by atoms with van der Waals surface area (Å²) in [6.07, 6.45) is 4.88. The van der Waals surface area contributed by atoms with Gasteiger partial charge in [0.05, 0.1) is 0 Å². The molecule has 0 bridgehead atoms. The molecule has 2 aliphatic rings. The molecule has 12 heavy (non-hydrogen) atoms. The molecule has 0 aromatic heterocycles. The SMILES string of the molecule is CC1(F)CCN(CC2CCC2)C1. The number of nitrogens with zero attached hydrogens (tertiary/aromatic N) is 1. The number of hydrogen-bond acceptors (Lipinski definition) is 1. The molecule has 1 atom stereocenters. The second kappa shape index (κ2) is 2.99. The molecule has 1 aliphatic carbocycles. The zero-order valence-corrected chi connectivity index (χ0v) is 7.85. The Labute approximate surface area is 73.9 Å². The normalized spacial score (nSPS) is 38.5. The van der Waals surface area contributed by atoms with Crippen LogP contribution in [0.5, 0.6) is 0 Å². The van der Waals surface area contributed by atoms with E-state index in [1.807, 2.05) is 0 Å². The second-order valence-electron chi connectivity index (χ2n) is 4.70. The molecule has 0 spiro atoms. The minimum Gasteiger partial charge on any atom is -0.300 e. The van der Waals surface area contributed by atoms with Crippen molar-refractivity contribution in [3.05, 3.63) is 0 Å². The predicted octanol–water partition coefficient (Wildman–Crippen LogP) is 2.22. The molecule has 0 N–H and O–H groups in total. The highest BCUT2D eigenvalue weighted by Gasteiger charge is 2.34. The minimum atomic E-state index is -0.899. The highest BCUT2D eigenvalue weighted by Crippen LogP contribution is 2.31. The molecule has 1 nitrogen and oxygen atoms in total. The van der Waals surface area contributed by atoms with Gasteiger partial charge in [0.2, 0.25) is 0 Å². The van der Waals surface area contributed by atoms with Crippen molar-refractivity contribution in [3.8, 4) is 0 Å². The van der Waals surface area contributed by atoms with E-state index in [1.165, 1.54) is 19.3 Å². The van der Waals surface area contributed by atoms with Gasteiger partial charge >= 0.3 is 0 Å². The molecule has 2 heteroatoms. The first-order valence-electron chi connectivity index (χ1n) is 5.07. The molecular weight excluding hydrogens is 153 g/mol. The van der Waals surface area contributed by atoms with E-state index in [0.717, 1.165) is 25.4 Å². The highest BCUT2D eigenvalue weighted by molar-refractivity contribution is 4.88. The fourth-order valence-electron chi connectivity index (χ4n) is 2.21. The van der Waals surface area contributed by atoms with E-state index in [9.17, 15) is 4.39 Å². The molecule has 0 amide bonds. The summed E-state index contributed by atoms with van der Waals surface area (Å²) in [6.45, 7) is 4.53. The molecule has 0 aromatic rings. The van der Waals surface area contributed by atoms with Gasteiger partial charge in [-0.25, -0.2) is 4.39 Å². The number of hydrogen-bond donors (Lipinski definition) is 0. The number of rotatable bonds is 2. The molecule has 1 aliphatic heterocycles. The van der Waals surface area contributed by atoms with Crippen LogP contribution in [0.1, 0.15) is 32.6 Å². The highest BCUT2D eigenvalue weighted by atomic mass is 19.1. The summed E-state index contributed by atoms with van der Waals surface area (Å²) in [7, 11) is 0. The first-order chi connectivity index (χ1) is 5.66. The Morgan fingerprint density at radius 3 is 2.67 bits per heavy atom. The third-order valence-corrected chi connectivity index (χ3v) is 3.24. The van der Waals surface area contributed by atoms with Gasteiger partial charge in [-0.15, -0.1) is 0 Å². The van der Waals surface area contributed by atoms with Gasteiger partial charge in [-0.2, -0.15) is 0 Å². The Morgan fingerprint density at radius 2 is 2.25 bits per heavy atom. The molecule has 1 heterocycles. The zero-order chi connectivity index (χ0) is 8.60. The Bertz CT molecular complexity index is 163. The maximum absolute atomic E-state index is 13.4. The van der Waals surface area contributed by atoms with E-state index in [0.29, 0.717) is 6.54 Å². The first kappa shape index (κ1) is 8.49. The fourth-order valence-corrected chi connectivity index (χ4v) is 2.21. The van der Waals surface area contributed by atoms with Gasteiger partial charge in [0.15, 0.2) is 0 Å². The van der Waals surface area contributed by atoms with Crippen LogP contribution in [0.3, 0.4) is 0 Å². The molecule has 2 rings (SSSR count). The van der Waals surface area contributed by atoms with Gasteiger partial charge in [-0.05, 0) is 32.1 Å². The summed E-state index contributed by atoms with van der Waals surface area (Å²) in [5, 5.41) is 0. The summed E-state index contributed by atoms with van der Waals surface area (Å²) in [5.74, 6) is 0.888. The molecule has 1 saturated heterocycles. The zero-order valence-electron chi connectivity index (χ0n) is 7.85. The second-order valence-corrected chi connectivity index (χ2v) is 4.70. The molecule has 0 aromatic carbocycles. The lowest BCUT2D eigenvalue weighted by atomic mass is 9.85. The summed E-state index contributed by atoms with van der Waals surface area (Å²) in [6, 6.07) is 0. The summed E-state index contributed by atoms with van der Waals surface area (Å²) in [4.78, 5) is 2.30. The maximum Gasteiger partial charge on any atom is 0.122 e. The lowest BCUT2D eigenvalue weighted by molar-refractivity contribution is 0.159. The van der Waals surface area contributed by atoms with Gasteiger partial charge in [-0.3, -0.25) is 4.90 Å². The molecule has 1 unspecified atom stereocenters. The van der Waals surface area contributed by atoms with Crippen LogP contribution in [0.2, 0.25) is 0 Å². The van der Waals surface area contributed by atoms with Crippen LogP contribution in [0.15, 0.2) is 0 Å². The Balaban J connectivity index is 1.75. The van der Waals surface area contributed by atoms with E-state index < -0.39 is 5.67 Å². The average Bonchev–Trinajstić information content (AvgIpc) is 2.21. The van der Waals surface area contributed by atoms with Crippen LogP contribution in [-0.2, 0) is 0 Å². The Morgan fingerprint density at radius 1 is 1.50 bits per heavy atom. The first-order valence-corrected chi connectivity index (χ1v) is 5.07. The van der Waals surface area contributed by atoms with Crippen molar-refractivity contribution in [1.29, 1.82) is 0 Å². The Kier molecular flexibility index (Phi) is 2.11. The van der Waals surface area contributed by atoms with Crippen molar-refractivity contribution in [2.45, 2.75) is 38.3 Å². The van der Waals surface area contributed by atoms with E-state index in [-0.39, 0.29) is 0 Å². The standard InChI is InChI=1S/C10H18FN/c1-10(11)5-6-12(8-10)7-9-3-2-4-9/h9H,2-8H2,1H3. The van der Waals surface area contributed by atoms with E-state index >= 15 is 0 Å². The lowest BCUT2D eigenvalue weighted by Gasteiger charge is -2.30. The molecule has 1 saturated carbocycles. The van der Waals surface area contributed by atoms with Gasteiger partial charge in [0, 0.05) is 19.6 Å². The largest absolute Gasteiger partial charge is 0.300 e. The molecule has 2 fully saturated rings. The number of alkyl halides is 1. The molecule has 0 radical (unpaired) electrons. The number of halogens is 1. The molecule has 70 valence electrons. The van der Waals surface area contributed by atoms with Crippen molar-refractivity contribution in [1.82, 2.24) is 4.90 Å². The van der Waals surface area contributed by atoms with Crippen molar-refractivity contribution < 1.29 is 4.39 Å². The predicted molar refractivity (Wildman–Crippen MR) is 47.9 cm³/mol. The van der Waals surface area contributed by atoms with Gasteiger partial charge in [-0.1, -0.05) is 6.42 Å². The molecular formula is C10H18FN. The van der Waals surface area contributed by atoms with Crippen LogP contribution in [-0.4, -0.2) is 30.2 Å². The van der Waals surface area contributed by atoms with E-state index in [2.05, 4.69) is 4.90 Å². The van der Waals surface area contributed by atoms with Crippen molar-refractivity contribution in [3.63, 3.8) is 0 Å². The van der Waals surface area contributed by atoms with E-state index in [4.69, 9.17) is 0 Å². The quantitative estimate of drug-likeness (QED) is 0.615. The van der Waals surface area contributed by atoms with Crippen LogP contribution in [0, 0.1) is 5.92 Å². The monoisotopic (exact) mass is 171 g/mol. The number of likely N-dealkylation sites (tertiary alicyclic amines) is 1. The minimum absolute atomic E-state index is 0.670. The van der Waals surface area contributed by atoms with Crippen molar-refractivity contribution >= 4 is 0 Å². The summed E-state index contributed by atoms with van der Waals surface area (Å²) >= 11 is 0. The third-order valence-electron chi connectivity index (χ3n) is 3.24. The summed E-state index contributed by atoms with van der Waals surface area (Å²) in [5.41, 5.74) is -0.899. The lowest BCUT2D eigenvalue weighted by Crippen LogP contribution is -2.33. The fraction of sp³-hybridized carbons (Fsp3) is 1.00. The topological polar surface area (TPSA) is 3.24 Å².